The van der Waals surface area contributed by atoms with Crippen molar-refractivity contribution in [3.8, 4) is 0 Å². The molecule has 2 heterocycles. The van der Waals surface area contributed by atoms with Crippen molar-refractivity contribution in [2.45, 2.75) is 36.2 Å². The van der Waals surface area contributed by atoms with E-state index in [1.165, 1.54) is 30.5 Å². The smallest absolute Gasteiger partial charge is 0.341 e. The fourth-order valence-corrected chi connectivity index (χ4v) is 6.27. The zero-order valence-corrected chi connectivity index (χ0v) is 20.5. The van der Waals surface area contributed by atoms with Crippen LogP contribution in [0.5, 0.6) is 0 Å². The largest absolute Gasteiger partial charge is 0.477 e. The van der Waals surface area contributed by atoms with Crippen LogP contribution in [-0.2, 0) is 10.0 Å². The third-order valence-electron chi connectivity index (χ3n) is 6.30. The number of aromatic carboxylic acids is 1. The molecule has 2 aliphatic rings. The normalized spacial score (nSPS) is 18.4. The summed E-state index contributed by atoms with van der Waals surface area (Å²) in [5.74, 6) is -2.16. The van der Waals surface area contributed by atoms with Crippen LogP contribution in [0.15, 0.2) is 46.2 Å². The Hall–Kier alpha value is -2.66. The van der Waals surface area contributed by atoms with Crippen molar-refractivity contribution >= 4 is 55.8 Å². The summed E-state index contributed by atoms with van der Waals surface area (Å²) >= 11 is 12.5. The number of nitrogens with one attached hydrogen (secondary N) is 1. The summed E-state index contributed by atoms with van der Waals surface area (Å²) in [6.45, 7) is 0.493. The first-order valence-corrected chi connectivity index (χ1v) is 13.1. The van der Waals surface area contributed by atoms with Gasteiger partial charge in [0.05, 0.1) is 26.5 Å². The molecule has 8 nitrogen and oxygen atoms in total. The van der Waals surface area contributed by atoms with Crippen LogP contribution in [0.2, 0.25) is 10.0 Å². The van der Waals surface area contributed by atoms with E-state index in [2.05, 4.69) is 4.72 Å². The molecule has 0 amide bonds. The lowest BCUT2D eigenvalue weighted by atomic mass is 10.1. The second-order valence-electron chi connectivity index (χ2n) is 8.74. The molecule has 35 heavy (non-hydrogen) atoms. The molecule has 2 fully saturated rings. The average molecular weight is 540 g/mol. The highest BCUT2D eigenvalue weighted by Gasteiger charge is 2.33. The van der Waals surface area contributed by atoms with Crippen molar-refractivity contribution in [2.75, 3.05) is 18.0 Å². The Balaban J connectivity index is 1.49. The van der Waals surface area contributed by atoms with Gasteiger partial charge < -0.3 is 14.6 Å². The molecule has 0 bridgehead atoms. The summed E-state index contributed by atoms with van der Waals surface area (Å²) in [7, 11) is -3.81. The first-order valence-electron chi connectivity index (χ1n) is 10.9. The van der Waals surface area contributed by atoms with Gasteiger partial charge in [0.25, 0.3) is 0 Å². The second kappa shape index (κ2) is 8.77. The average Bonchev–Trinajstić information content (AvgIpc) is 3.54. The van der Waals surface area contributed by atoms with Crippen LogP contribution in [-0.4, -0.2) is 43.2 Å². The van der Waals surface area contributed by atoms with E-state index >= 15 is 4.39 Å². The Morgan fingerprint density at radius 2 is 1.83 bits per heavy atom. The number of sulfonamides is 1. The molecule has 1 aliphatic carbocycles. The van der Waals surface area contributed by atoms with Gasteiger partial charge in [-0.15, -0.1) is 0 Å². The Kier molecular flexibility index (Phi) is 6.03. The van der Waals surface area contributed by atoms with Gasteiger partial charge in [-0.3, -0.25) is 4.79 Å². The van der Waals surface area contributed by atoms with Gasteiger partial charge in [0, 0.05) is 36.4 Å². The minimum absolute atomic E-state index is 0.00199. The molecule has 0 spiro atoms. The van der Waals surface area contributed by atoms with E-state index in [9.17, 15) is 23.1 Å². The van der Waals surface area contributed by atoms with E-state index in [1.807, 2.05) is 0 Å². The van der Waals surface area contributed by atoms with E-state index in [1.54, 1.807) is 9.47 Å². The predicted molar refractivity (Wildman–Crippen MR) is 131 cm³/mol. The number of fused-ring (bicyclic) bond motifs is 1. The number of nitrogens with zero attached hydrogens (tertiary/aromatic N) is 2. The van der Waals surface area contributed by atoms with Crippen molar-refractivity contribution < 1.29 is 22.7 Å². The van der Waals surface area contributed by atoms with E-state index < -0.39 is 38.8 Å². The number of carboxylic acid groups (broad SMARTS) is 1. The van der Waals surface area contributed by atoms with Crippen LogP contribution in [0.3, 0.4) is 0 Å². The van der Waals surface area contributed by atoms with Crippen LogP contribution in [0.1, 0.15) is 35.7 Å². The third-order valence-corrected chi connectivity index (χ3v) is 8.45. The summed E-state index contributed by atoms with van der Waals surface area (Å²) in [6.07, 6.45) is 3.26. The number of hydrogen-bond donors (Lipinski definition) is 2. The number of carbonyl (C=O) groups is 1. The highest BCUT2D eigenvalue weighted by Crippen LogP contribution is 2.42. The van der Waals surface area contributed by atoms with E-state index in [0.717, 1.165) is 18.9 Å². The molecule has 1 aliphatic heterocycles. The standard InChI is InChI=1S/C23H20Cl2FN3O5S/c24-12-1-5-15(6-2-12)35(33,34)27-13-7-8-28(10-13)21-18(26)9-16-20(19(21)25)29(14-3-4-14)11-17(22(16)30)23(31)32/h1-2,5-6,9,11,13-14,27H,3-4,7-8,10H2,(H,31,32). The first kappa shape index (κ1) is 24.1. The molecule has 1 saturated heterocycles. The van der Waals surface area contributed by atoms with Crippen molar-refractivity contribution in [1.82, 2.24) is 9.29 Å². The molecule has 0 radical (unpaired) electrons. The summed E-state index contributed by atoms with van der Waals surface area (Å²) in [6, 6.07) is 6.27. The first-order chi connectivity index (χ1) is 16.6. The maximum absolute atomic E-state index is 15.3. The minimum Gasteiger partial charge on any atom is -0.477 e. The van der Waals surface area contributed by atoms with Gasteiger partial charge in [-0.2, -0.15) is 0 Å². The number of carboxylic acids is 1. The fourth-order valence-electron chi connectivity index (χ4n) is 4.48. The maximum atomic E-state index is 15.3. The van der Waals surface area contributed by atoms with Crippen LogP contribution in [0.4, 0.5) is 10.1 Å². The summed E-state index contributed by atoms with van der Waals surface area (Å²) in [5, 5.41) is 9.75. The Morgan fingerprint density at radius 1 is 1.14 bits per heavy atom. The van der Waals surface area contributed by atoms with Crippen molar-refractivity contribution in [3.63, 3.8) is 0 Å². The second-order valence-corrected chi connectivity index (χ2v) is 11.3. The van der Waals surface area contributed by atoms with Crippen LogP contribution < -0.4 is 15.1 Å². The zero-order chi connectivity index (χ0) is 25.1. The lowest BCUT2D eigenvalue weighted by Gasteiger charge is -2.23. The number of anilines is 1. The summed E-state index contributed by atoms with van der Waals surface area (Å²) < 4.78 is 45.1. The quantitative estimate of drug-likeness (QED) is 0.489. The molecular weight excluding hydrogens is 520 g/mol. The number of benzene rings is 2. The number of rotatable bonds is 6. The van der Waals surface area contributed by atoms with Gasteiger partial charge >= 0.3 is 5.97 Å². The summed E-state index contributed by atoms with van der Waals surface area (Å²) in [4.78, 5) is 26.0. The van der Waals surface area contributed by atoms with E-state index in [4.69, 9.17) is 23.2 Å². The highest BCUT2D eigenvalue weighted by molar-refractivity contribution is 7.89. The number of aromatic nitrogens is 1. The van der Waals surface area contributed by atoms with Gasteiger partial charge in [-0.05, 0) is 49.6 Å². The van der Waals surface area contributed by atoms with E-state index in [-0.39, 0.29) is 39.1 Å². The topological polar surface area (TPSA) is 109 Å². The third kappa shape index (κ3) is 4.40. The molecule has 2 N–H and O–H groups in total. The molecular formula is C23H20Cl2FN3O5S. The number of hydrogen-bond acceptors (Lipinski definition) is 5. The SMILES string of the molecule is O=C(O)c1cn(C2CC2)c2c(Cl)c(N3CCC(NS(=O)(=O)c4ccc(Cl)cc4)C3)c(F)cc2c1=O. The fraction of sp³-hybridized carbons (Fsp3) is 0.304. The summed E-state index contributed by atoms with van der Waals surface area (Å²) in [5.41, 5.74) is -0.896. The lowest BCUT2D eigenvalue weighted by Crippen LogP contribution is -2.37. The van der Waals surface area contributed by atoms with Gasteiger partial charge in [0.2, 0.25) is 15.5 Å². The van der Waals surface area contributed by atoms with Gasteiger partial charge in [0.1, 0.15) is 11.4 Å². The minimum atomic E-state index is -3.81. The number of halogens is 3. The lowest BCUT2D eigenvalue weighted by molar-refractivity contribution is 0.0694. The molecule has 1 atom stereocenters. The van der Waals surface area contributed by atoms with Gasteiger partial charge in [-0.1, -0.05) is 23.2 Å². The number of pyridine rings is 1. The predicted octanol–water partition coefficient (Wildman–Crippen LogP) is 4.04. The van der Waals surface area contributed by atoms with Crippen LogP contribution in [0, 0.1) is 5.82 Å². The molecule has 12 heteroatoms. The molecule has 1 unspecified atom stereocenters. The molecule has 5 rings (SSSR count). The van der Waals surface area contributed by atoms with Crippen molar-refractivity contribution in [2.24, 2.45) is 0 Å². The van der Waals surface area contributed by atoms with Gasteiger partial charge in [0.15, 0.2) is 0 Å². The maximum Gasteiger partial charge on any atom is 0.341 e. The van der Waals surface area contributed by atoms with Crippen molar-refractivity contribution in [1.29, 1.82) is 0 Å². The van der Waals surface area contributed by atoms with Gasteiger partial charge in [-0.25, -0.2) is 22.3 Å². The van der Waals surface area contributed by atoms with Crippen molar-refractivity contribution in [3.05, 3.63) is 68.2 Å². The van der Waals surface area contributed by atoms with Crippen LogP contribution in [0.25, 0.3) is 10.9 Å². The monoisotopic (exact) mass is 539 g/mol. The molecule has 1 saturated carbocycles. The highest BCUT2D eigenvalue weighted by atomic mass is 35.5. The Bertz CT molecular complexity index is 1520. The molecule has 1 aromatic heterocycles. The van der Waals surface area contributed by atoms with Crippen LogP contribution >= 0.6 is 23.2 Å². The Labute approximate surface area is 209 Å². The molecule has 2 aromatic carbocycles. The molecule has 184 valence electrons. The zero-order valence-electron chi connectivity index (χ0n) is 18.2. The Morgan fingerprint density at radius 3 is 2.46 bits per heavy atom. The van der Waals surface area contributed by atoms with E-state index in [0.29, 0.717) is 18.0 Å². The molecule has 3 aromatic rings.